The zero-order valence-electron chi connectivity index (χ0n) is 9.84. The number of amides is 1. The molecule has 1 aliphatic heterocycles. The summed E-state index contributed by atoms with van der Waals surface area (Å²) in [6, 6.07) is -0.340. The van der Waals surface area contributed by atoms with E-state index in [0.717, 1.165) is 24.3 Å². The predicted molar refractivity (Wildman–Crippen MR) is 56.7 cm³/mol. The smallest absolute Gasteiger partial charge is 0.333 e. The second-order valence-electron chi connectivity index (χ2n) is 4.91. The van der Waals surface area contributed by atoms with Gasteiger partial charge in [-0.05, 0) is 32.2 Å². The summed E-state index contributed by atoms with van der Waals surface area (Å²) in [5.41, 5.74) is 0. The highest BCUT2D eigenvalue weighted by atomic mass is 19.3. The first-order valence-electron chi connectivity index (χ1n) is 6.13. The number of hydrogen-bond donors (Lipinski definition) is 1. The van der Waals surface area contributed by atoms with Crippen molar-refractivity contribution in [2.75, 3.05) is 13.1 Å². The molecule has 1 unspecified atom stereocenters. The Morgan fingerprint density at radius 2 is 2.00 bits per heavy atom. The van der Waals surface area contributed by atoms with Crippen LogP contribution in [-0.4, -0.2) is 48.3 Å². The van der Waals surface area contributed by atoms with Crippen LogP contribution in [0.4, 0.5) is 17.6 Å². The maximum Gasteiger partial charge on any atom is 0.383 e. The lowest BCUT2D eigenvalue weighted by molar-refractivity contribution is -0.181. The molecule has 0 radical (unpaired) electrons. The highest BCUT2D eigenvalue weighted by Crippen LogP contribution is 2.33. The van der Waals surface area contributed by atoms with Gasteiger partial charge in [0, 0.05) is 18.6 Å². The van der Waals surface area contributed by atoms with Crippen molar-refractivity contribution in [3.8, 4) is 0 Å². The summed E-state index contributed by atoms with van der Waals surface area (Å²) < 4.78 is 50.6. The van der Waals surface area contributed by atoms with Gasteiger partial charge in [-0.15, -0.1) is 0 Å². The van der Waals surface area contributed by atoms with Gasteiger partial charge in [0.15, 0.2) is 0 Å². The molecule has 2 aliphatic rings. The fourth-order valence-corrected chi connectivity index (χ4v) is 2.22. The molecule has 3 nitrogen and oxygen atoms in total. The highest BCUT2D eigenvalue weighted by molar-refractivity contribution is 5.84. The molecule has 18 heavy (non-hydrogen) atoms. The lowest BCUT2D eigenvalue weighted by Gasteiger charge is -2.29. The van der Waals surface area contributed by atoms with E-state index in [2.05, 4.69) is 5.32 Å². The van der Waals surface area contributed by atoms with Gasteiger partial charge in [-0.3, -0.25) is 4.79 Å². The zero-order valence-corrected chi connectivity index (χ0v) is 9.84. The molecule has 1 atom stereocenters. The molecule has 0 aromatic rings. The topological polar surface area (TPSA) is 32.3 Å². The highest BCUT2D eigenvalue weighted by Gasteiger charge is 2.53. The Balaban J connectivity index is 2.02. The third-order valence-corrected chi connectivity index (χ3v) is 3.39. The van der Waals surface area contributed by atoms with Gasteiger partial charge in [-0.2, -0.15) is 8.78 Å². The number of hydrogen-bond acceptors (Lipinski definition) is 2. The molecule has 1 saturated heterocycles. The molecule has 0 bridgehead atoms. The van der Waals surface area contributed by atoms with Crippen LogP contribution in [0.2, 0.25) is 0 Å². The van der Waals surface area contributed by atoms with Gasteiger partial charge in [-0.1, -0.05) is 0 Å². The Morgan fingerprint density at radius 1 is 1.33 bits per heavy atom. The van der Waals surface area contributed by atoms with Crippen molar-refractivity contribution in [1.29, 1.82) is 0 Å². The maximum atomic E-state index is 13.1. The summed E-state index contributed by atoms with van der Waals surface area (Å²) in [7, 11) is 0. The van der Waals surface area contributed by atoms with Crippen molar-refractivity contribution in [2.24, 2.45) is 0 Å². The molecule has 1 aliphatic carbocycles. The Bertz CT molecular complexity index is 314. The normalized spacial score (nSPS) is 24.6. The van der Waals surface area contributed by atoms with Gasteiger partial charge in [0.1, 0.15) is 0 Å². The standard InChI is InChI=1S/C11H16F4N2O/c12-9(13)11(14,15)10(18)17(8-3-4-8)6-7-2-1-5-16-7/h7-9,16H,1-6H2. The van der Waals surface area contributed by atoms with Gasteiger partial charge in [0.2, 0.25) is 0 Å². The average molecular weight is 268 g/mol. The molecule has 0 aromatic carbocycles. The number of nitrogens with one attached hydrogen (secondary N) is 1. The van der Waals surface area contributed by atoms with Crippen LogP contribution in [0.15, 0.2) is 0 Å². The Labute approximate surface area is 103 Å². The van der Waals surface area contributed by atoms with E-state index in [1.165, 1.54) is 0 Å². The van der Waals surface area contributed by atoms with Gasteiger partial charge < -0.3 is 10.2 Å². The van der Waals surface area contributed by atoms with Crippen molar-refractivity contribution in [1.82, 2.24) is 10.2 Å². The lowest BCUT2D eigenvalue weighted by Crippen LogP contribution is -2.52. The van der Waals surface area contributed by atoms with Crippen LogP contribution >= 0.6 is 0 Å². The predicted octanol–water partition coefficient (Wildman–Crippen LogP) is 1.63. The van der Waals surface area contributed by atoms with Crippen LogP contribution in [0, 0.1) is 0 Å². The first-order valence-corrected chi connectivity index (χ1v) is 6.13. The first-order chi connectivity index (χ1) is 8.43. The van der Waals surface area contributed by atoms with Crippen LogP contribution in [0.25, 0.3) is 0 Å². The number of halogens is 4. The Morgan fingerprint density at radius 3 is 2.44 bits per heavy atom. The van der Waals surface area contributed by atoms with E-state index in [1.807, 2.05) is 0 Å². The molecular formula is C11H16F4N2O. The molecule has 2 fully saturated rings. The number of carbonyl (C=O) groups is 1. The van der Waals surface area contributed by atoms with Crippen LogP contribution in [-0.2, 0) is 4.79 Å². The summed E-state index contributed by atoms with van der Waals surface area (Å²) in [6.07, 6.45) is -0.989. The second-order valence-corrected chi connectivity index (χ2v) is 4.91. The monoisotopic (exact) mass is 268 g/mol. The van der Waals surface area contributed by atoms with Crippen molar-refractivity contribution in [3.63, 3.8) is 0 Å². The summed E-state index contributed by atoms with van der Waals surface area (Å²) in [5.74, 6) is -6.30. The third-order valence-electron chi connectivity index (χ3n) is 3.39. The molecule has 1 heterocycles. The Hall–Kier alpha value is -0.850. The SMILES string of the molecule is O=C(N(CC1CCCN1)C1CC1)C(F)(F)C(F)F. The first kappa shape index (κ1) is 13.6. The number of nitrogens with zero attached hydrogens (tertiary/aromatic N) is 1. The maximum absolute atomic E-state index is 13.1. The molecule has 104 valence electrons. The average Bonchev–Trinajstić information content (AvgIpc) is 3.02. The minimum atomic E-state index is -4.57. The quantitative estimate of drug-likeness (QED) is 0.769. The van der Waals surface area contributed by atoms with Gasteiger partial charge in [0.25, 0.3) is 5.91 Å². The number of rotatable bonds is 5. The van der Waals surface area contributed by atoms with E-state index in [-0.39, 0.29) is 18.6 Å². The summed E-state index contributed by atoms with van der Waals surface area (Å²) in [6.45, 7) is 0.883. The van der Waals surface area contributed by atoms with E-state index in [0.29, 0.717) is 12.8 Å². The zero-order chi connectivity index (χ0) is 13.3. The van der Waals surface area contributed by atoms with E-state index < -0.39 is 18.3 Å². The van der Waals surface area contributed by atoms with E-state index >= 15 is 0 Å². The summed E-state index contributed by atoms with van der Waals surface area (Å²) >= 11 is 0. The summed E-state index contributed by atoms with van der Waals surface area (Å²) in [5, 5.41) is 3.08. The van der Waals surface area contributed by atoms with E-state index in [1.54, 1.807) is 0 Å². The molecule has 1 N–H and O–H groups in total. The molecule has 2 rings (SSSR count). The molecule has 0 aromatic heterocycles. The molecular weight excluding hydrogens is 252 g/mol. The molecule has 1 amide bonds. The largest absolute Gasteiger partial charge is 0.383 e. The van der Waals surface area contributed by atoms with Gasteiger partial charge >= 0.3 is 12.3 Å². The van der Waals surface area contributed by atoms with Crippen molar-refractivity contribution in [3.05, 3.63) is 0 Å². The van der Waals surface area contributed by atoms with E-state index in [9.17, 15) is 22.4 Å². The van der Waals surface area contributed by atoms with Crippen molar-refractivity contribution < 1.29 is 22.4 Å². The third kappa shape index (κ3) is 2.76. The van der Waals surface area contributed by atoms with Crippen molar-refractivity contribution >= 4 is 5.91 Å². The van der Waals surface area contributed by atoms with Gasteiger partial charge in [-0.25, -0.2) is 8.78 Å². The number of alkyl halides is 4. The fraction of sp³-hybridized carbons (Fsp3) is 0.909. The molecule has 1 saturated carbocycles. The molecule has 7 heteroatoms. The minimum Gasteiger partial charge on any atom is -0.333 e. The second kappa shape index (κ2) is 5.03. The van der Waals surface area contributed by atoms with Gasteiger partial charge in [0.05, 0.1) is 0 Å². The lowest BCUT2D eigenvalue weighted by atomic mass is 10.2. The molecule has 0 spiro atoms. The summed E-state index contributed by atoms with van der Waals surface area (Å²) in [4.78, 5) is 12.5. The van der Waals surface area contributed by atoms with Crippen LogP contribution in [0.5, 0.6) is 0 Å². The van der Waals surface area contributed by atoms with Crippen LogP contribution in [0.3, 0.4) is 0 Å². The minimum absolute atomic E-state index is 0.0528. The Kier molecular flexibility index (Phi) is 3.79. The van der Waals surface area contributed by atoms with E-state index in [4.69, 9.17) is 0 Å². The van der Waals surface area contributed by atoms with Crippen molar-refractivity contribution in [2.45, 2.75) is 50.1 Å². The van der Waals surface area contributed by atoms with Crippen LogP contribution < -0.4 is 5.32 Å². The van der Waals surface area contributed by atoms with Crippen LogP contribution in [0.1, 0.15) is 25.7 Å². The fourth-order valence-electron chi connectivity index (χ4n) is 2.22. The number of carbonyl (C=O) groups excluding carboxylic acids is 1.